The number of aromatic carboxylic acids is 1. The highest BCUT2D eigenvalue weighted by Crippen LogP contribution is 2.14. The summed E-state index contributed by atoms with van der Waals surface area (Å²) in [6.45, 7) is 2.21. The lowest BCUT2D eigenvalue weighted by Crippen LogP contribution is -2.20. The molecule has 6 heteroatoms. The fourth-order valence-electron chi connectivity index (χ4n) is 1.79. The number of hydrogen-bond donors (Lipinski definition) is 2. The number of rotatable bonds is 5. The molecule has 0 aliphatic rings. The van der Waals surface area contributed by atoms with Crippen LogP contribution in [0.15, 0.2) is 36.8 Å². The summed E-state index contributed by atoms with van der Waals surface area (Å²) < 4.78 is 12.8. The van der Waals surface area contributed by atoms with Crippen molar-refractivity contribution < 1.29 is 14.3 Å². The predicted molar refractivity (Wildman–Crippen MR) is 70.6 cm³/mol. The van der Waals surface area contributed by atoms with Crippen LogP contribution in [-0.4, -0.2) is 21.0 Å². The summed E-state index contributed by atoms with van der Waals surface area (Å²) >= 11 is 0. The molecule has 1 aromatic heterocycles. The number of carboxylic acids is 1. The first-order chi connectivity index (χ1) is 9.58. The molecule has 0 aliphatic heterocycles. The Morgan fingerprint density at radius 2 is 2.10 bits per heavy atom. The lowest BCUT2D eigenvalue weighted by molar-refractivity contribution is 0.0694. The van der Waals surface area contributed by atoms with Gasteiger partial charge < -0.3 is 10.4 Å². The quantitative estimate of drug-likeness (QED) is 0.874. The van der Waals surface area contributed by atoms with Crippen LogP contribution in [0.3, 0.4) is 0 Å². The van der Waals surface area contributed by atoms with Crippen LogP contribution in [0.1, 0.15) is 34.6 Å². The molecule has 0 bridgehead atoms. The molecule has 0 radical (unpaired) electrons. The van der Waals surface area contributed by atoms with E-state index >= 15 is 0 Å². The summed E-state index contributed by atoms with van der Waals surface area (Å²) in [6.07, 6.45) is 2.58. The van der Waals surface area contributed by atoms with Gasteiger partial charge in [0.1, 0.15) is 17.7 Å². The number of aromatic nitrogens is 2. The van der Waals surface area contributed by atoms with Crippen molar-refractivity contribution in [1.29, 1.82) is 0 Å². The average Bonchev–Trinajstić information content (AvgIpc) is 2.45. The third-order valence-electron chi connectivity index (χ3n) is 2.97. The van der Waals surface area contributed by atoms with Gasteiger partial charge in [-0.25, -0.2) is 19.2 Å². The molecular weight excluding hydrogens is 261 g/mol. The molecule has 1 aromatic carbocycles. The van der Waals surface area contributed by atoms with Gasteiger partial charge >= 0.3 is 5.97 Å². The number of hydrogen-bond acceptors (Lipinski definition) is 4. The first-order valence-electron chi connectivity index (χ1n) is 6.09. The topological polar surface area (TPSA) is 75.1 Å². The molecule has 20 heavy (non-hydrogen) atoms. The minimum atomic E-state index is -1.06. The Labute approximate surface area is 115 Å². The molecule has 5 nitrogen and oxygen atoms in total. The van der Waals surface area contributed by atoms with E-state index in [4.69, 9.17) is 5.11 Å². The fraction of sp³-hybridized carbons (Fsp3) is 0.214. The molecule has 0 saturated heterocycles. The second-order valence-electron chi connectivity index (χ2n) is 4.34. The van der Waals surface area contributed by atoms with Gasteiger partial charge in [0.05, 0.1) is 5.69 Å². The van der Waals surface area contributed by atoms with Crippen LogP contribution in [0.25, 0.3) is 0 Å². The van der Waals surface area contributed by atoms with Crippen molar-refractivity contribution in [3.05, 3.63) is 59.4 Å². The van der Waals surface area contributed by atoms with Gasteiger partial charge in [-0.3, -0.25) is 0 Å². The molecule has 0 aliphatic carbocycles. The SMILES string of the molecule is C[C@@H](NCc1ncncc1C(=O)O)c1ccc(F)cc1. The Morgan fingerprint density at radius 3 is 2.75 bits per heavy atom. The summed E-state index contributed by atoms with van der Waals surface area (Å²) in [5.74, 6) is -1.35. The second-order valence-corrected chi connectivity index (χ2v) is 4.34. The van der Waals surface area contributed by atoms with E-state index in [-0.39, 0.29) is 17.4 Å². The van der Waals surface area contributed by atoms with Gasteiger partial charge in [-0.1, -0.05) is 12.1 Å². The zero-order chi connectivity index (χ0) is 14.5. The number of halogens is 1. The molecule has 0 amide bonds. The van der Waals surface area contributed by atoms with Gasteiger partial charge in [-0.05, 0) is 24.6 Å². The summed E-state index contributed by atoms with van der Waals surface area (Å²) in [5.41, 5.74) is 1.41. The predicted octanol–water partition coefficient (Wildman–Crippen LogP) is 2.16. The smallest absolute Gasteiger partial charge is 0.339 e. The fourth-order valence-corrected chi connectivity index (χ4v) is 1.79. The maximum atomic E-state index is 12.8. The molecule has 0 spiro atoms. The van der Waals surface area contributed by atoms with Crippen LogP contribution in [0.4, 0.5) is 4.39 Å². The zero-order valence-electron chi connectivity index (χ0n) is 10.9. The molecule has 1 heterocycles. The number of nitrogens with one attached hydrogen (secondary N) is 1. The Bertz CT molecular complexity index is 602. The van der Waals surface area contributed by atoms with Crippen molar-refractivity contribution in [3.8, 4) is 0 Å². The van der Waals surface area contributed by atoms with Crippen LogP contribution in [0, 0.1) is 5.82 Å². The van der Waals surface area contributed by atoms with Gasteiger partial charge in [-0.15, -0.1) is 0 Å². The van der Waals surface area contributed by atoms with E-state index in [1.807, 2.05) is 6.92 Å². The molecule has 104 valence electrons. The van der Waals surface area contributed by atoms with Gasteiger partial charge in [0, 0.05) is 18.8 Å². The number of carbonyl (C=O) groups is 1. The maximum Gasteiger partial charge on any atom is 0.339 e. The van der Waals surface area contributed by atoms with Crippen LogP contribution >= 0.6 is 0 Å². The van der Waals surface area contributed by atoms with Gasteiger partial charge in [0.15, 0.2) is 0 Å². The molecule has 0 saturated carbocycles. The highest BCUT2D eigenvalue weighted by Gasteiger charge is 2.12. The monoisotopic (exact) mass is 275 g/mol. The Kier molecular flexibility index (Phi) is 4.37. The third kappa shape index (κ3) is 3.36. The van der Waals surface area contributed by atoms with Gasteiger partial charge in [0.2, 0.25) is 0 Å². The van der Waals surface area contributed by atoms with Crippen LogP contribution in [-0.2, 0) is 6.54 Å². The molecule has 1 atom stereocenters. The van der Waals surface area contributed by atoms with E-state index in [1.165, 1.54) is 24.7 Å². The zero-order valence-corrected chi connectivity index (χ0v) is 10.9. The van der Waals surface area contributed by atoms with Gasteiger partial charge in [-0.2, -0.15) is 0 Å². The molecule has 2 aromatic rings. The number of benzene rings is 1. The first-order valence-corrected chi connectivity index (χ1v) is 6.09. The normalized spacial score (nSPS) is 12.1. The van der Waals surface area contributed by atoms with Crippen molar-refractivity contribution in [2.24, 2.45) is 0 Å². The van der Waals surface area contributed by atoms with E-state index in [2.05, 4.69) is 15.3 Å². The van der Waals surface area contributed by atoms with Gasteiger partial charge in [0.25, 0.3) is 0 Å². The second kappa shape index (κ2) is 6.21. The van der Waals surface area contributed by atoms with E-state index in [0.717, 1.165) is 5.56 Å². The number of carboxylic acid groups (broad SMARTS) is 1. The molecule has 2 N–H and O–H groups in total. The van der Waals surface area contributed by atoms with Crippen LogP contribution < -0.4 is 5.32 Å². The maximum absolute atomic E-state index is 12.8. The summed E-state index contributed by atoms with van der Waals surface area (Å²) in [6, 6.07) is 6.10. The largest absolute Gasteiger partial charge is 0.478 e. The van der Waals surface area contributed by atoms with Crippen molar-refractivity contribution in [3.63, 3.8) is 0 Å². The molecular formula is C14H14FN3O2. The Morgan fingerprint density at radius 1 is 1.40 bits per heavy atom. The Balaban J connectivity index is 2.05. The molecule has 0 unspecified atom stereocenters. The van der Waals surface area contributed by atoms with Crippen molar-refractivity contribution in [2.75, 3.05) is 0 Å². The van der Waals surface area contributed by atoms with Crippen LogP contribution in [0.2, 0.25) is 0 Å². The van der Waals surface area contributed by atoms with E-state index in [1.54, 1.807) is 12.1 Å². The number of nitrogens with zero attached hydrogens (tertiary/aromatic N) is 2. The highest BCUT2D eigenvalue weighted by molar-refractivity contribution is 5.88. The van der Waals surface area contributed by atoms with Crippen molar-refractivity contribution >= 4 is 5.97 Å². The van der Waals surface area contributed by atoms with Crippen molar-refractivity contribution in [1.82, 2.24) is 15.3 Å². The third-order valence-corrected chi connectivity index (χ3v) is 2.97. The van der Waals surface area contributed by atoms with E-state index in [9.17, 15) is 9.18 Å². The summed E-state index contributed by atoms with van der Waals surface area (Å²) in [4.78, 5) is 18.7. The minimum absolute atomic E-state index is 0.0489. The van der Waals surface area contributed by atoms with E-state index < -0.39 is 5.97 Å². The summed E-state index contributed by atoms with van der Waals surface area (Å²) in [7, 11) is 0. The van der Waals surface area contributed by atoms with Crippen molar-refractivity contribution in [2.45, 2.75) is 19.5 Å². The standard InChI is InChI=1S/C14H14FN3O2/c1-9(10-2-4-11(15)5-3-10)17-7-13-12(14(19)20)6-16-8-18-13/h2-6,8-9,17H,7H2,1H3,(H,19,20)/t9-/m1/s1. The molecule has 0 fully saturated rings. The molecule has 2 rings (SSSR count). The Hall–Kier alpha value is -2.34. The lowest BCUT2D eigenvalue weighted by atomic mass is 10.1. The minimum Gasteiger partial charge on any atom is -0.478 e. The average molecular weight is 275 g/mol. The summed E-state index contributed by atoms with van der Waals surface area (Å²) in [5, 5.41) is 12.2. The van der Waals surface area contributed by atoms with Crippen LogP contribution in [0.5, 0.6) is 0 Å². The lowest BCUT2D eigenvalue weighted by Gasteiger charge is -2.14. The van der Waals surface area contributed by atoms with E-state index in [0.29, 0.717) is 12.2 Å². The first kappa shape index (κ1) is 14.1. The highest BCUT2D eigenvalue weighted by atomic mass is 19.1.